The second-order valence-corrected chi connectivity index (χ2v) is 1.29. The number of hydrogen-bond donors (Lipinski definition) is 0. The van der Waals surface area contributed by atoms with Gasteiger partial charge in [-0.2, -0.15) is 0 Å². The topological polar surface area (TPSA) is 0 Å². The van der Waals surface area contributed by atoms with Gasteiger partial charge in [0.05, 0.1) is 0 Å². The maximum atomic E-state index is 9.83. The molecule has 0 saturated carbocycles. The molecule has 0 aliphatic carbocycles. The van der Waals surface area contributed by atoms with Crippen molar-refractivity contribution in [2.45, 2.75) is 0 Å². The summed E-state index contributed by atoms with van der Waals surface area (Å²) >= 11 is 0. The number of hydrogen-bond acceptors (Lipinski definition) is 0. The zero-order valence-corrected chi connectivity index (χ0v) is 7.51. The van der Waals surface area contributed by atoms with E-state index < -0.39 is 9.41 Å². The van der Waals surface area contributed by atoms with Crippen LogP contribution in [0.4, 0.5) is 16.4 Å². The minimum atomic E-state index is -6.61. The molecule has 0 atom stereocenters. The molecule has 0 aromatic heterocycles. The van der Waals surface area contributed by atoms with E-state index in [2.05, 4.69) is 0 Å². The quantitative estimate of drug-likeness (QED) is 0.191. The summed E-state index contributed by atoms with van der Waals surface area (Å²) in [4.78, 5) is 0. The maximum Gasteiger partial charge on any atom is 1.00 e. The van der Waals surface area contributed by atoms with Crippen LogP contribution >= 0.6 is 0 Å². The summed E-state index contributed by atoms with van der Waals surface area (Å²) in [7, 11) is -6.61. The van der Waals surface area contributed by atoms with Crippen LogP contribution in [0, 0.1) is 0 Å². The van der Waals surface area contributed by atoms with Crippen molar-refractivity contribution in [1.82, 2.24) is 0 Å². The molecule has 0 aromatic carbocycles. The first-order valence-corrected chi connectivity index (χ1v) is 2.27. The van der Waals surface area contributed by atoms with Gasteiger partial charge in [0.1, 0.15) is 0 Å². The van der Waals surface area contributed by atoms with Gasteiger partial charge in [-0.3, -0.25) is 0 Å². The van der Waals surface area contributed by atoms with E-state index in [0.717, 1.165) is 0 Å². The first kappa shape index (κ1) is 15.8. The van der Waals surface area contributed by atoms with E-state index in [-0.39, 0.29) is 56.1 Å². The van der Waals surface area contributed by atoms with Crippen LogP contribution in [-0.4, -0.2) is 9.41 Å². The van der Waals surface area contributed by atoms with Crippen molar-refractivity contribution in [2.24, 2.45) is 0 Å². The zero-order valence-electron chi connectivity index (χ0n) is 3.39. The van der Waals surface area contributed by atoms with Crippen molar-refractivity contribution in [2.75, 3.05) is 0 Å². The SMILES string of the molecule is F[Si](F)(F)F.[F-].[K+]. The van der Waals surface area contributed by atoms with Crippen molar-refractivity contribution >= 4 is 9.41 Å². The molecule has 0 saturated heterocycles. The molecular weight excluding hydrogens is 162 g/mol. The average Bonchev–Trinajstić information content (AvgIpc) is 0.722. The summed E-state index contributed by atoms with van der Waals surface area (Å²) in [5, 5.41) is 0. The average molecular weight is 162 g/mol. The third-order valence-electron chi connectivity index (χ3n) is 0. The Labute approximate surface area is 80.8 Å². The van der Waals surface area contributed by atoms with Gasteiger partial charge in [0.25, 0.3) is 0 Å². The molecule has 7 heteroatoms. The third-order valence-corrected chi connectivity index (χ3v) is 0. The van der Waals surface area contributed by atoms with Crippen molar-refractivity contribution in [1.29, 1.82) is 0 Å². The van der Waals surface area contributed by atoms with Gasteiger partial charge in [0.2, 0.25) is 0 Å². The summed E-state index contributed by atoms with van der Waals surface area (Å²) in [5.74, 6) is 0. The molecule has 0 heterocycles. The van der Waals surface area contributed by atoms with Gasteiger partial charge in [-0.1, -0.05) is 0 Å². The van der Waals surface area contributed by atoms with Crippen molar-refractivity contribution < 1.29 is 72.5 Å². The molecule has 0 nitrogen and oxygen atoms in total. The largest absolute Gasteiger partial charge is 1.00 e. The Balaban J connectivity index is -0.0000000800. The van der Waals surface area contributed by atoms with Crippen molar-refractivity contribution in [3.8, 4) is 0 Å². The molecule has 0 unspecified atom stereocenters. The summed E-state index contributed by atoms with van der Waals surface area (Å²) < 4.78 is 39.3. The van der Waals surface area contributed by atoms with Gasteiger partial charge >= 0.3 is 60.8 Å². The zero-order chi connectivity index (χ0) is 4.50. The van der Waals surface area contributed by atoms with Crippen LogP contribution in [0.2, 0.25) is 0 Å². The summed E-state index contributed by atoms with van der Waals surface area (Å²) in [5.41, 5.74) is 0. The fourth-order valence-electron chi connectivity index (χ4n) is 0. The maximum absolute atomic E-state index is 9.83. The first-order valence-electron chi connectivity index (χ1n) is 0.756. The Morgan fingerprint density at radius 3 is 0.857 bits per heavy atom. The molecular formula is F5KSi. The van der Waals surface area contributed by atoms with E-state index in [4.69, 9.17) is 0 Å². The van der Waals surface area contributed by atoms with E-state index in [1.807, 2.05) is 0 Å². The van der Waals surface area contributed by atoms with Gasteiger partial charge in [-0.25, -0.2) is 16.4 Å². The Bertz CT molecular complexity index is 23.6. The second-order valence-electron chi connectivity index (χ2n) is 0.429. The van der Waals surface area contributed by atoms with Crippen LogP contribution in [-0.2, 0) is 0 Å². The van der Waals surface area contributed by atoms with Crippen LogP contribution in [0.25, 0.3) is 0 Å². The Kier molecular flexibility index (Phi) is 12.7. The third kappa shape index (κ3) is 101. The molecule has 0 aliphatic rings. The Hall–Kier alpha value is 1.50. The summed E-state index contributed by atoms with van der Waals surface area (Å²) in [6, 6.07) is 0. The Morgan fingerprint density at radius 1 is 0.857 bits per heavy atom. The molecule has 40 valence electrons. The molecule has 0 fully saturated rings. The molecule has 7 heavy (non-hydrogen) atoms. The molecule has 0 radical (unpaired) electrons. The van der Waals surface area contributed by atoms with Crippen molar-refractivity contribution in [3.63, 3.8) is 0 Å². The van der Waals surface area contributed by atoms with Gasteiger partial charge in [0.15, 0.2) is 0 Å². The van der Waals surface area contributed by atoms with Gasteiger partial charge in [-0.05, 0) is 0 Å². The number of halogens is 5. The minimum Gasteiger partial charge on any atom is -1.00 e. The monoisotopic (exact) mass is 162 g/mol. The Morgan fingerprint density at radius 2 is 0.857 bits per heavy atom. The standard InChI is InChI=1S/F4Si.FH.K/c1-5(2,3)4;;/h;1H;/q;;+1/p-1. The van der Waals surface area contributed by atoms with E-state index in [0.29, 0.717) is 0 Å². The van der Waals surface area contributed by atoms with Crippen LogP contribution in [0.15, 0.2) is 0 Å². The van der Waals surface area contributed by atoms with Crippen LogP contribution in [0.5, 0.6) is 0 Å². The second kappa shape index (κ2) is 5.64. The van der Waals surface area contributed by atoms with Gasteiger partial charge < -0.3 is 4.70 Å². The van der Waals surface area contributed by atoms with Crippen LogP contribution in [0.1, 0.15) is 0 Å². The van der Waals surface area contributed by atoms with E-state index in [9.17, 15) is 16.4 Å². The van der Waals surface area contributed by atoms with E-state index in [1.54, 1.807) is 0 Å². The predicted octanol–water partition coefficient (Wildman–Crippen LogP) is -4.69. The first-order chi connectivity index (χ1) is 2.00. The van der Waals surface area contributed by atoms with Gasteiger partial charge in [-0.15, -0.1) is 0 Å². The fourth-order valence-corrected chi connectivity index (χ4v) is 0. The summed E-state index contributed by atoms with van der Waals surface area (Å²) in [6.07, 6.45) is 0. The van der Waals surface area contributed by atoms with Crippen LogP contribution < -0.4 is 56.1 Å². The molecule has 0 N–H and O–H groups in total. The molecule has 0 rings (SSSR count). The van der Waals surface area contributed by atoms with Crippen molar-refractivity contribution in [3.05, 3.63) is 0 Å². The smallest absolute Gasteiger partial charge is 1.00 e. The molecule has 0 aromatic rings. The fraction of sp³-hybridized carbons (Fsp3) is 0. The predicted molar refractivity (Wildman–Crippen MR) is 10.2 cm³/mol. The van der Waals surface area contributed by atoms with Crippen LogP contribution in [0.3, 0.4) is 0 Å². The normalized spacial score (nSPS) is 8.57. The molecule has 0 bridgehead atoms. The molecule has 0 aliphatic heterocycles. The summed E-state index contributed by atoms with van der Waals surface area (Å²) in [6.45, 7) is 0. The van der Waals surface area contributed by atoms with E-state index >= 15 is 0 Å². The van der Waals surface area contributed by atoms with E-state index in [1.165, 1.54) is 0 Å². The minimum absolute atomic E-state index is 0. The molecule has 0 amide bonds. The number of rotatable bonds is 0. The molecule has 0 spiro atoms. The van der Waals surface area contributed by atoms with Gasteiger partial charge in [0, 0.05) is 0 Å².